The number of anilines is 1. The lowest BCUT2D eigenvalue weighted by Crippen LogP contribution is -2.40. The number of ether oxygens (including phenoxy) is 2. The van der Waals surface area contributed by atoms with E-state index in [0.717, 1.165) is 63.8 Å². The Morgan fingerprint density at radius 2 is 1.93 bits per heavy atom. The van der Waals surface area contributed by atoms with Gasteiger partial charge in [0.15, 0.2) is 5.11 Å². The Balaban J connectivity index is 1.65. The van der Waals surface area contributed by atoms with E-state index in [-0.39, 0.29) is 0 Å². The van der Waals surface area contributed by atoms with Gasteiger partial charge in [-0.15, -0.1) is 0 Å². The normalized spacial score (nSPS) is 14.4. The van der Waals surface area contributed by atoms with E-state index < -0.39 is 0 Å². The topological polar surface area (TPSA) is 37.0 Å². The Morgan fingerprint density at radius 3 is 2.60 bits per heavy atom. The molecular formula is C23H30ClN3O2S. The molecule has 1 fully saturated rings. The number of methoxy groups -OCH3 is 1. The molecule has 0 spiro atoms. The summed E-state index contributed by atoms with van der Waals surface area (Å²) >= 11 is 12.2. The minimum Gasteiger partial charge on any atom is -0.497 e. The maximum Gasteiger partial charge on any atom is 0.173 e. The second kappa shape index (κ2) is 11.5. The molecule has 1 heterocycles. The molecule has 162 valence electrons. The van der Waals surface area contributed by atoms with Crippen molar-refractivity contribution in [1.82, 2.24) is 9.80 Å². The molecule has 0 saturated carbocycles. The lowest BCUT2D eigenvalue weighted by molar-refractivity contribution is 0.0368. The molecule has 1 N–H and O–H groups in total. The van der Waals surface area contributed by atoms with Gasteiger partial charge in [0.1, 0.15) is 5.75 Å². The van der Waals surface area contributed by atoms with Crippen molar-refractivity contribution in [2.45, 2.75) is 19.9 Å². The third-order valence-corrected chi connectivity index (χ3v) is 5.88. The first kappa shape index (κ1) is 22.8. The number of thiocarbonyl (C=S) groups is 1. The first-order valence-electron chi connectivity index (χ1n) is 10.3. The zero-order valence-corrected chi connectivity index (χ0v) is 19.3. The fourth-order valence-corrected chi connectivity index (χ4v) is 3.88. The van der Waals surface area contributed by atoms with Crippen LogP contribution in [0.2, 0.25) is 5.02 Å². The Bertz CT molecular complexity index is 826. The molecule has 1 aliphatic heterocycles. The van der Waals surface area contributed by atoms with Crippen LogP contribution in [0.15, 0.2) is 42.5 Å². The summed E-state index contributed by atoms with van der Waals surface area (Å²) in [5, 5.41) is 4.57. The van der Waals surface area contributed by atoms with Gasteiger partial charge < -0.3 is 19.7 Å². The molecule has 7 heteroatoms. The van der Waals surface area contributed by atoms with Crippen LogP contribution >= 0.6 is 23.8 Å². The van der Waals surface area contributed by atoms with Crippen molar-refractivity contribution in [2.75, 3.05) is 51.8 Å². The van der Waals surface area contributed by atoms with Crippen molar-refractivity contribution < 1.29 is 9.47 Å². The van der Waals surface area contributed by atoms with E-state index in [1.54, 1.807) is 13.2 Å². The Labute approximate surface area is 189 Å². The van der Waals surface area contributed by atoms with E-state index in [9.17, 15) is 0 Å². The van der Waals surface area contributed by atoms with Crippen LogP contribution in [0.5, 0.6) is 5.75 Å². The molecule has 0 bridgehead atoms. The number of hydrogen-bond donors (Lipinski definition) is 1. The van der Waals surface area contributed by atoms with Gasteiger partial charge in [0.25, 0.3) is 0 Å². The molecule has 0 unspecified atom stereocenters. The average molecular weight is 448 g/mol. The molecule has 0 atom stereocenters. The first-order chi connectivity index (χ1) is 14.5. The van der Waals surface area contributed by atoms with Crippen LogP contribution in [-0.2, 0) is 11.3 Å². The summed E-state index contributed by atoms with van der Waals surface area (Å²) in [4.78, 5) is 4.66. The third kappa shape index (κ3) is 6.84. The van der Waals surface area contributed by atoms with Gasteiger partial charge in [-0.2, -0.15) is 0 Å². The average Bonchev–Trinajstić information content (AvgIpc) is 2.76. The minimum atomic E-state index is 0.584. The summed E-state index contributed by atoms with van der Waals surface area (Å²) in [5.74, 6) is 0.721. The molecule has 0 aliphatic carbocycles. The van der Waals surface area contributed by atoms with E-state index in [1.165, 1.54) is 11.1 Å². The summed E-state index contributed by atoms with van der Waals surface area (Å²) in [6, 6.07) is 14.1. The van der Waals surface area contributed by atoms with Gasteiger partial charge in [-0.3, -0.25) is 4.90 Å². The molecule has 2 aromatic carbocycles. The van der Waals surface area contributed by atoms with Crippen molar-refractivity contribution in [3.8, 4) is 5.75 Å². The van der Waals surface area contributed by atoms with E-state index in [2.05, 4.69) is 46.3 Å². The zero-order valence-electron chi connectivity index (χ0n) is 17.7. The highest BCUT2D eigenvalue weighted by Crippen LogP contribution is 2.27. The van der Waals surface area contributed by atoms with Crippen molar-refractivity contribution in [3.63, 3.8) is 0 Å². The highest BCUT2D eigenvalue weighted by Gasteiger charge is 2.15. The lowest BCUT2D eigenvalue weighted by Gasteiger charge is -2.30. The van der Waals surface area contributed by atoms with Crippen molar-refractivity contribution in [1.29, 1.82) is 0 Å². The molecule has 0 aromatic heterocycles. The number of morpholine rings is 1. The van der Waals surface area contributed by atoms with E-state index >= 15 is 0 Å². The van der Waals surface area contributed by atoms with E-state index in [0.29, 0.717) is 10.1 Å². The lowest BCUT2D eigenvalue weighted by atomic mass is 10.1. The van der Waals surface area contributed by atoms with Crippen LogP contribution < -0.4 is 10.1 Å². The van der Waals surface area contributed by atoms with Gasteiger partial charge in [0.2, 0.25) is 0 Å². The molecular weight excluding hydrogens is 418 g/mol. The summed E-state index contributed by atoms with van der Waals surface area (Å²) in [6.45, 7) is 8.41. The van der Waals surface area contributed by atoms with Gasteiger partial charge in [-0.1, -0.05) is 41.4 Å². The van der Waals surface area contributed by atoms with Gasteiger partial charge >= 0.3 is 0 Å². The van der Waals surface area contributed by atoms with Crippen molar-refractivity contribution >= 4 is 34.6 Å². The molecule has 0 amide bonds. The van der Waals surface area contributed by atoms with Gasteiger partial charge in [-0.25, -0.2) is 0 Å². The maximum atomic E-state index is 6.40. The van der Waals surface area contributed by atoms with Crippen LogP contribution in [0.1, 0.15) is 17.5 Å². The number of aryl methyl sites for hydroxylation is 1. The minimum absolute atomic E-state index is 0.584. The molecule has 0 radical (unpaired) electrons. The SMILES string of the molecule is COc1ccc(NC(=S)N(CCCN2CCOCC2)Cc2ccc(C)cc2)c(Cl)c1. The predicted octanol–water partition coefficient (Wildman–Crippen LogP) is 4.58. The highest BCUT2D eigenvalue weighted by atomic mass is 35.5. The fourth-order valence-electron chi connectivity index (χ4n) is 3.39. The van der Waals surface area contributed by atoms with E-state index in [1.807, 2.05) is 12.1 Å². The third-order valence-electron chi connectivity index (χ3n) is 5.21. The first-order valence-corrected chi connectivity index (χ1v) is 11.1. The predicted molar refractivity (Wildman–Crippen MR) is 128 cm³/mol. The molecule has 1 aliphatic rings. The number of nitrogens with zero attached hydrogens (tertiary/aromatic N) is 2. The Hall–Kier alpha value is -1.86. The second-order valence-corrected chi connectivity index (χ2v) is 8.28. The number of nitrogens with one attached hydrogen (secondary N) is 1. The highest BCUT2D eigenvalue weighted by molar-refractivity contribution is 7.80. The van der Waals surface area contributed by atoms with Crippen LogP contribution in [0.4, 0.5) is 5.69 Å². The van der Waals surface area contributed by atoms with Gasteiger partial charge in [0, 0.05) is 38.8 Å². The van der Waals surface area contributed by atoms with Crippen LogP contribution in [0.25, 0.3) is 0 Å². The molecule has 5 nitrogen and oxygen atoms in total. The summed E-state index contributed by atoms with van der Waals surface area (Å²) in [6.07, 6.45) is 1.03. The maximum absolute atomic E-state index is 6.40. The number of rotatable bonds is 8. The number of halogens is 1. The quantitative estimate of drug-likeness (QED) is 0.597. The number of hydrogen-bond acceptors (Lipinski definition) is 4. The molecule has 1 saturated heterocycles. The Kier molecular flexibility index (Phi) is 8.75. The summed E-state index contributed by atoms with van der Waals surface area (Å²) in [7, 11) is 1.63. The fraction of sp³-hybridized carbons (Fsp3) is 0.435. The summed E-state index contributed by atoms with van der Waals surface area (Å²) < 4.78 is 10.7. The Morgan fingerprint density at radius 1 is 1.20 bits per heavy atom. The molecule has 3 rings (SSSR count). The van der Waals surface area contributed by atoms with Crippen molar-refractivity contribution in [2.24, 2.45) is 0 Å². The van der Waals surface area contributed by atoms with Crippen LogP contribution in [-0.4, -0.2) is 61.4 Å². The largest absolute Gasteiger partial charge is 0.497 e. The van der Waals surface area contributed by atoms with Crippen molar-refractivity contribution in [3.05, 3.63) is 58.6 Å². The number of benzene rings is 2. The van der Waals surface area contributed by atoms with Crippen LogP contribution in [0.3, 0.4) is 0 Å². The monoisotopic (exact) mass is 447 g/mol. The van der Waals surface area contributed by atoms with E-state index in [4.69, 9.17) is 33.3 Å². The van der Waals surface area contributed by atoms with Gasteiger partial charge in [-0.05, 0) is 43.3 Å². The molecule has 2 aromatic rings. The van der Waals surface area contributed by atoms with Crippen LogP contribution in [0, 0.1) is 6.92 Å². The standard InChI is InChI=1S/C23H30ClN3O2S/c1-18-4-6-19(7-5-18)17-27(11-3-10-26-12-14-29-15-13-26)23(30)25-22-9-8-20(28-2)16-21(22)24/h4-9,16H,3,10-15,17H2,1-2H3,(H,25,30). The smallest absolute Gasteiger partial charge is 0.173 e. The van der Waals surface area contributed by atoms with Gasteiger partial charge in [0.05, 0.1) is 31.0 Å². The second-order valence-electron chi connectivity index (χ2n) is 7.49. The summed E-state index contributed by atoms with van der Waals surface area (Å²) in [5.41, 5.74) is 3.27. The zero-order chi connectivity index (χ0) is 21.3. The molecule has 30 heavy (non-hydrogen) atoms.